The van der Waals surface area contributed by atoms with Gasteiger partial charge in [-0.2, -0.15) is 0 Å². The van der Waals surface area contributed by atoms with E-state index in [2.05, 4.69) is 25.8 Å². The fraction of sp³-hybridized carbons (Fsp3) is 0.462. The predicted octanol–water partition coefficient (Wildman–Crippen LogP) is 1.20. The average molecular weight is 306 g/mol. The Balaban J connectivity index is 1.71. The summed E-state index contributed by atoms with van der Waals surface area (Å²) in [4.78, 5) is 15.7. The second kappa shape index (κ2) is 7.72. The lowest BCUT2D eigenvalue weighted by molar-refractivity contribution is -0.118. The number of nitrogens with zero attached hydrogens (tertiary/aromatic N) is 5. The van der Waals surface area contributed by atoms with Crippen LogP contribution in [0.25, 0.3) is 0 Å². The van der Waals surface area contributed by atoms with Crippen molar-refractivity contribution in [2.45, 2.75) is 32.2 Å². The van der Waals surface area contributed by atoms with E-state index in [1.165, 1.54) is 11.8 Å². The highest BCUT2D eigenvalue weighted by Gasteiger charge is 2.10. The molecule has 0 aliphatic heterocycles. The lowest BCUT2D eigenvalue weighted by Gasteiger charge is -2.07. The van der Waals surface area contributed by atoms with Gasteiger partial charge in [-0.25, -0.2) is 4.68 Å². The van der Waals surface area contributed by atoms with Gasteiger partial charge < -0.3 is 5.32 Å². The molecule has 0 radical (unpaired) electrons. The topological polar surface area (TPSA) is 85.6 Å². The van der Waals surface area contributed by atoms with Gasteiger partial charge in [-0.05, 0) is 42.0 Å². The number of rotatable bonds is 7. The van der Waals surface area contributed by atoms with Gasteiger partial charge in [0.15, 0.2) is 5.82 Å². The molecular weight excluding hydrogens is 288 g/mol. The summed E-state index contributed by atoms with van der Waals surface area (Å²) in [5.41, 5.74) is 1.03. The summed E-state index contributed by atoms with van der Waals surface area (Å²) >= 11 is 1.50. The van der Waals surface area contributed by atoms with Crippen LogP contribution in [-0.4, -0.2) is 36.9 Å². The summed E-state index contributed by atoms with van der Waals surface area (Å²) in [5, 5.41) is 14.4. The first kappa shape index (κ1) is 15.4. The first-order chi connectivity index (χ1) is 10.2. The van der Waals surface area contributed by atoms with E-state index in [1.807, 2.05) is 26.0 Å². The molecule has 0 atom stereocenters. The zero-order chi connectivity index (χ0) is 15.1. The minimum atomic E-state index is 0.000355. The molecule has 0 fully saturated rings. The van der Waals surface area contributed by atoms with Crippen LogP contribution in [0.5, 0.6) is 0 Å². The van der Waals surface area contributed by atoms with Crippen LogP contribution in [-0.2, 0) is 17.1 Å². The molecule has 0 unspecified atom stereocenters. The minimum absolute atomic E-state index is 0.000355. The number of carbonyl (C=O) groups excluding carboxylic acids is 1. The summed E-state index contributed by atoms with van der Waals surface area (Å²) in [6.45, 7) is 4.56. The third-order valence-corrected chi connectivity index (χ3v) is 3.68. The zero-order valence-corrected chi connectivity index (χ0v) is 12.9. The van der Waals surface area contributed by atoms with Crippen molar-refractivity contribution in [1.82, 2.24) is 30.5 Å². The summed E-state index contributed by atoms with van der Waals surface area (Å²) in [7, 11) is 0. The van der Waals surface area contributed by atoms with Gasteiger partial charge in [-0.15, -0.1) is 16.9 Å². The highest BCUT2D eigenvalue weighted by atomic mass is 32.2. The molecule has 21 heavy (non-hydrogen) atoms. The molecule has 2 heterocycles. The van der Waals surface area contributed by atoms with Gasteiger partial charge in [0.2, 0.25) is 5.91 Å². The number of thioether (sulfide) groups is 1. The Morgan fingerprint density at radius 1 is 1.38 bits per heavy atom. The Kier molecular flexibility index (Phi) is 5.68. The van der Waals surface area contributed by atoms with E-state index in [-0.39, 0.29) is 11.9 Å². The van der Waals surface area contributed by atoms with Crippen molar-refractivity contribution in [2.24, 2.45) is 0 Å². The molecule has 1 amide bonds. The van der Waals surface area contributed by atoms with Gasteiger partial charge in [0, 0.05) is 18.9 Å². The normalized spacial score (nSPS) is 10.8. The lowest BCUT2D eigenvalue weighted by atomic mass is 10.3. The third kappa shape index (κ3) is 4.82. The summed E-state index contributed by atoms with van der Waals surface area (Å²) in [6.07, 6.45) is 3.42. The predicted molar refractivity (Wildman–Crippen MR) is 80.4 cm³/mol. The van der Waals surface area contributed by atoms with Crippen LogP contribution in [0.4, 0.5) is 0 Å². The first-order valence-electron chi connectivity index (χ1n) is 6.67. The van der Waals surface area contributed by atoms with Crippen molar-refractivity contribution in [3.63, 3.8) is 0 Å². The maximum atomic E-state index is 11.8. The van der Waals surface area contributed by atoms with E-state index in [9.17, 15) is 4.79 Å². The maximum absolute atomic E-state index is 11.8. The summed E-state index contributed by atoms with van der Waals surface area (Å²) in [6, 6.07) is 3.98. The van der Waals surface area contributed by atoms with E-state index in [0.717, 1.165) is 11.4 Å². The van der Waals surface area contributed by atoms with Crippen LogP contribution in [0.2, 0.25) is 0 Å². The van der Waals surface area contributed by atoms with Crippen molar-refractivity contribution < 1.29 is 4.79 Å². The van der Waals surface area contributed by atoms with Crippen molar-refractivity contribution in [3.05, 3.63) is 35.9 Å². The van der Waals surface area contributed by atoms with Gasteiger partial charge in [0.05, 0.1) is 17.5 Å². The van der Waals surface area contributed by atoms with Crippen LogP contribution < -0.4 is 5.32 Å². The Hall–Kier alpha value is -1.96. The Morgan fingerprint density at radius 2 is 2.14 bits per heavy atom. The van der Waals surface area contributed by atoms with Crippen molar-refractivity contribution in [2.75, 3.05) is 5.75 Å². The molecule has 0 bridgehead atoms. The SMILES string of the molecule is CC(C)n1nnnc1CSCC(=O)NCc1ccncc1. The largest absolute Gasteiger partial charge is 0.351 e. The fourth-order valence-electron chi connectivity index (χ4n) is 1.70. The summed E-state index contributed by atoms with van der Waals surface area (Å²) in [5.74, 6) is 1.79. The number of amides is 1. The molecule has 2 rings (SSSR count). The molecule has 8 heteroatoms. The van der Waals surface area contributed by atoms with Crippen molar-refractivity contribution in [3.8, 4) is 0 Å². The van der Waals surface area contributed by atoms with Gasteiger partial charge in [0.25, 0.3) is 0 Å². The molecular formula is C13H18N6OS. The molecule has 0 aromatic carbocycles. The standard InChI is InChI=1S/C13H18N6OS/c1-10(2)19-12(16-17-18-19)8-21-9-13(20)15-7-11-3-5-14-6-4-11/h3-6,10H,7-9H2,1-2H3,(H,15,20). The summed E-state index contributed by atoms with van der Waals surface area (Å²) < 4.78 is 1.77. The minimum Gasteiger partial charge on any atom is -0.351 e. The number of pyridine rings is 1. The van der Waals surface area contributed by atoms with Gasteiger partial charge in [-0.1, -0.05) is 0 Å². The van der Waals surface area contributed by atoms with Gasteiger partial charge >= 0.3 is 0 Å². The van der Waals surface area contributed by atoms with E-state index >= 15 is 0 Å². The highest BCUT2D eigenvalue weighted by Crippen LogP contribution is 2.12. The van der Waals surface area contributed by atoms with E-state index in [4.69, 9.17) is 0 Å². The smallest absolute Gasteiger partial charge is 0.230 e. The second-order valence-electron chi connectivity index (χ2n) is 4.76. The number of carbonyl (C=O) groups is 1. The molecule has 0 spiro atoms. The van der Waals surface area contributed by atoms with Crippen LogP contribution in [0.15, 0.2) is 24.5 Å². The lowest BCUT2D eigenvalue weighted by Crippen LogP contribution is -2.24. The quantitative estimate of drug-likeness (QED) is 0.827. The molecule has 0 saturated heterocycles. The monoisotopic (exact) mass is 306 g/mol. The highest BCUT2D eigenvalue weighted by molar-refractivity contribution is 7.99. The van der Waals surface area contributed by atoms with Gasteiger partial charge in [-0.3, -0.25) is 9.78 Å². The maximum Gasteiger partial charge on any atom is 0.230 e. The van der Waals surface area contributed by atoms with E-state index in [1.54, 1.807) is 17.1 Å². The van der Waals surface area contributed by atoms with E-state index < -0.39 is 0 Å². The molecule has 0 aliphatic carbocycles. The number of aromatic nitrogens is 5. The molecule has 2 aromatic heterocycles. The molecule has 1 N–H and O–H groups in total. The fourth-order valence-corrected chi connectivity index (χ4v) is 2.46. The average Bonchev–Trinajstić information content (AvgIpc) is 2.95. The molecule has 112 valence electrons. The number of hydrogen-bond donors (Lipinski definition) is 1. The third-order valence-electron chi connectivity index (χ3n) is 2.75. The Bertz CT molecular complexity index is 571. The number of nitrogens with one attached hydrogen (secondary N) is 1. The van der Waals surface area contributed by atoms with Crippen molar-refractivity contribution in [1.29, 1.82) is 0 Å². The van der Waals surface area contributed by atoms with Crippen LogP contribution in [0, 0.1) is 0 Å². The van der Waals surface area contributed by atoms with Crippen molar-refractivity contribution >= 4 is 17.7 Å². The van der Waals surface area contributed by atoms with Crippen LogP contribution in [0.3, 0.4) is 0 Å². The van der Waals surface area contributed by atoms with E-state index in [0.29, 0.717) is 18.1 Å². The Labute approximate surface area is 127 Å². The molecule has 0 saturated carbocycles. The molecule has 2 aromatic rings. The number of tetrazole rings is 1. The molecule has 0 aliphatic rings. The second-order valence-corrected chi connectivity index (χ2v) is 5.74. The first-order valence-corrected chi connectivity index (χ1v) is 7.82. The zero-order valence-electron chi connectivity index (χ0n) is 12.1. The van der Waals surface area contributed by atoms with Gasteiger partial charge in [0.1, 0.15) is 0 Å². The molecule has 7 nitrogen and oxygen atoms in total. The van der Waals surface area contributed by atoms with Crippen LogP contribution in [0.1, 0.15) is 31.3 Å². The number of hydrogen-bond acceptors (Lipinski definition) is 6. The Morgan fingerprint density at radius 3 is 2.86 bits per heavy atom. The van der Waals surface area contributed by atoms with Crippen LogP contribution >= 0.6 is 11.8 Å².